The SMILES string of the molecule is CCCCCCNOC(C)C. The van der Waals surface area contributed by atoms with Crippen molar-refractivity contribution in [1.29, 1.82) is 0 Å². The van der Waals surface area contributed by atoms with Crippen molar-refractivity contribution in [2.75, 3.05) is 6.54 Å². The molecule has 0 spiro atoms. The Morgan fingerprint density at radius 2 is 1.91 bits per heavy atom. The van der Waals surface area contributed by atoms with Crippen molar-refractivity contribution < 1.29 is 4.84 Å². The predicted molar refractivity (Wildman–Crippen MR) is 48.4 cm³/mol. The van der Waals surface area contributed by atoms with E-state index in [4.69, 9.17) is 4.84 Å². The molecule has 0 saturated carbocycles. The Morgan fingerprint density at radius 1 is 1.18 bits per heavy atom. The van der Waals surface area contributed by atoms with E-state index in [1.807, 2.05) is 13.8 Å². The van der Waals surface area contributed by atoms with Gasteiger partial charge in [-0.2, -0.15) is 0 Å². The molecule has 2 nitrogen and oxygen atoms in total. The van der Waals surface area contributed by atoms with Crippen LogP contribution >= 0.6 is 0 Å². The summed E-state index contributed by atoms with van der Waals surface area (Å²) in [5.41, 5.74) is 2.94. The molecule has 1 N–H and O–H groups in total. The fourth-order valence-corrected chi connectivity index (χ4v) is 0.850. The van der Waals surface area contributed by atoms with E-state index >= 15 is 0 Å². The second-order valence-electron chi connectivity index (χ2n) is 3.12. The third-order valence-corrected chi connectivity index (χ3v) is 1.45. The van der Waals surface area contributed by atoms with Crippen LogP contribution in [-0.2, 0) is 4.84 Å². The van der Waals surface area contributed by atoms with Gasteiger partial charge in [0.1, 0.15) is 0 Å². The van der Waals surface area contributed by atoms with Crippen LogP contribution in [0.1, 0.15) is 46.5 Å². The van der Waals surface area contributed by atoms with Gasteiger partial charge >= 0.3 is 0 Å². The first kappa shape index (κ1) is 10.9. The summed E-state index contributed by atoms with van der Waals surface area (Å²) in [7, 11) is 0. The number of hydrogen-bond acceptors (Lipinski definition) is 2. The molecule has 0 rings (SSSR count). The summed E-state index contributed by atoms with van der Waals surface area (Å²) in [5.74, 6) is 0. The molecule has 11 heavy (non-hydrogen) atoms. The Hall–Kier alpha value is -0.0800. The molecule has 0 aliphatic heterocycles. The number of unbranched alkanes of at least 4 members (excludes halogenated alkanes) is 3. The average Bonchev–Trinajstić information content (AvgIpc) is 1.96. The van der Waals surface area contributed by atoms with Gasteiger partial charge in [0, 0.05) is 6.54 Å². The van der Waals surface area contributed by atoms with Gasteiger partial charge in [0.25, 0.3) is 0 Å². The van der Waals surface area contributed by atoms with Crippen molar-refractivity contribution in [2.45, 2.75) is 52.6 Å². The van der Waals surface area contributed by atoms with Gasteiger partial charge in [-0.1, -0.05) is 26.2 Å². The second kappa shape index (κ2) is 8.02. The molecule has 0 saturated heterocycles. The summed E-state index contributed by atoms with van der Waals surface area (Å²) in [6.45, 7) is 7.26. The van der Waals surface area contributed by atoms with Gasteiger partial charge in [-0.25, -0.2) is 5.48 Å². The van der Waals surface area contributed by atoms with Crippen LogP contribution in [0.3, 0.4) is 0 Å². The minimum absolute atomic E-state index is 0.293. The molecule has 0 atom stereocenters. The lowest BCUT2D eigenvalue weighted by Gasteiger charge is -2.07. The molecular formula is C9H21NO. The molecule has 0 aromatic rings. The van der Waals surface area contributed by atoms with Gasteiger partial charge in [-0.3, -0.25) is 4.84 Å². The van der Waals surface area contributed by atoms with Crippen LogP contribution in [0.25, 0.3) is 0 Å². The molecule has 0 aromatic carbocycles. The third-order valence-electron chi connectivity index (χ3n) is 1.45. The highest BCUT2D eigenvalue weighted by atomic mass is 16.7. The standard InChI is InChI=1S/C9H21NO/c1-4-5-6-7-8-10-11-9(2)3/h9-10H,4-8H2,1-3H3. The first-order valence-electron chi connectivity index (χ1n) is 4.66. The van der Waals surface area contributed by atoms with Gasteiger partial charge in [0.2, 0.25) is 0 Å². The monoisotopic (exact) mass is 159 g/mol. The minimum Gasteiger partial charge on any atom is -0.299 e. The second-order valence-corrected chi connectivity index (χ2v) is 3.12. The number of rotatable bonds is 7. The van der Waals surface area contributed by atoms with Gasteiger partial charge in [0.15, 0.2) is 0 Å². The summed E-state index contributed by atoms with van der Waals surface area (Å²) in [5, 5.41) is 0. The Balaban J connectivity index is 2.80. The predicted octanol–water partition coefficient (Wildman–Crippen LogP) is 2.50. The Morgan fingerprint density at radius 3 is 2.45 bits per heavy atom. The van der Waals surface area contributed by atoms with E-state index < -0.39 is 0 Å². The van der Waals surface area contributed by atoms with E-state index in [1.54, 1.807) is 0 Å². The maximum atomic E-state index is 5.17. The zero-order valence-corrected chi connectivity index (χ0v) is 8.02. The van der Waals surface area contributed by atoms with E-state index in [0.29, 0.717) is 6.10 Å². The van der Waals surface area contributed by atoms with E-state index in [2.05, 4.69) is 12.4 Å². The summed E-state index contributed by atoms with van der Waals surface area (Å²) in [4.78, 5) is 5.17. The highest BCUT2D eigenvalue weighted by molar-refractivity contribution is 4.41. The van der Waals surface area contributed by atoms with Crippen LogP contribution < -0.4 is 5.48 Å². The Labute approximate surface area is 70.3 Å². The molecule has 0 amide bonds. The van der Waals surface area contributed by atoms with Crippen LogP contribution in [0.5, 0.6) is 0 Å². The molecule has 0 fully saturated rings. The van der Waals surface area contributed by atoms with Gasteiger partial charge in [0.05, 0.1) is 6.10 Å². The van der Waals surface area contributed by atoms with E-state index in [1.165, 1.54) is 25.7 Å². The van der Waals surface area contributed by atoms with Crippen LogP contribution in [0, 0.1) is 0 Å². The zero-order chi connectivity index (χ0) is 8.53. The molecule has 0 unspecified atom stereocenters. The fraction of sp³-hybridized carbons (Fsp3) is 1.00. The normalized spacial score (nSPS) is 10.9. The summed E-state index contributed by atoms with van der Waals surface area (Å²) < 4.78 is 0. The number of hydrogen-bond donors (Lipinski definition) is 1. The van der Waals surface area contributed by atoms with E-state index in [9.17, 15) is 0 Å². The van der Waals surface area contributed by atoms with Crippen molar-refractivity contribution in [3.63, 3.8) is 0 Å². The van der Waals surface area contributed by atoms with E-state index in [-0.39, 0.29) is 0 Å². The maximum absolute atomic E-state index is 5.17. The number of hydroxylamine groups is 1. The van der Waals surface area contributed by atoms with Crippen molar-refractivity contribution in [2.24, 2.45) is 0 Å². The van der Waals surface area contributed by atoms with Crippen LogP contribution in [-0.4, -0.2) is 12.6 Å². The van der Waals surface area contributed by atoms with Crippen molar-refractivity contribution in [1.82, 2.24) is 5.48 Å². The Kier molecular flexibility index (Phi) is 7.96. The zero-order valence-electron chi connectivity index (χ0n) is 8.02. The summed E-state index contributed by atoms with van der Waals surface area (Å²) >= 11 is 0. The molecular weight excluding hydrogens is 138 g/mol. The van der Waals surface area contributed by atoms with Crippen LogP contribution in [0.15, 0.2) is 0 Å². The lowest BCUT2D eigenvalue weighted by molar-refractivity contribution is -0.00530. The smallest absolute Gasteiger partial charge is 0.0734 e. The number of nitrogens with one attached hydrogen (secondary N) is 1. The van der Waals surface area contributed by atoms with Crippen LogP contribution in [0.4, 0.5) is 0 Å². The highest BCUT2D eigenvalue weighted by Crippen LogP contribution is 1.97. The lowest BCUT2D eigenvalue weighted by atomic mass is 10.2. The van der Waals surface area contributed by atoms with Crippen LogP contribution in [0.2, 0.25) is 0 Å². The average molecular weight is 159 g/mol. The van der Waals surface area contributed by atoms with Crippen molar-refractivity contribution >= 4 is 0 Å². The Bertz CT molecular complexity index is 74.0. The molecule has 0 aromatic heterocycles. The van der Waals surface area contributed by atoms with E-state index in [0.717, 1.165) is 6.54 Å². The highest BCUT2D eigenvalue weighted by Gasteiger charge is 1.91. The third kappa shape index (κ3) is 9.92. The minimum atomic E-state index is 0.293. The van der Waals surface area contributed by atoms with Gasteiger partial charge in [-0.05, 0) is 20.3 Å². The molecule has 0 aliphatic carbocycles. The van der Waals surface area contributed by atoms with Crippen molar-refractivity contribution in [3.8, 4) is 0 Å². The molecule has 2 heteroatoms. The summed E-state index contributed by atoms with van der Waals surface area (Å²) in [6, 6.07) is 0. The first-order valence-corrected chi connectivity index (χ1v) is 4.66. The first-order chi connectivity index (χ1) is 5.27. The van der Waals surface area contributed by atoms with Gasteiger partial charge in [-0.15, -0.1) is 0 Å². The fourth-order valence-electron chi connectivity index (χ4n) is 0.850. The quantitative estimate of drug-likeness (QED) is 0.455. The largest absolute Gasteiger partial charge is 0.299 e. The van der Waals surface area contributed by atoms with Gasteiger partial charge < -0.3 is 0 Å². The molecule has 0 heterocycles. The van der Waals surface area contributed by atoms with Crippen molar-refractivity contribution in [3.05, 3.63) is 0 Å². The lowest BCUT2D eigenvalue weighted by Crippen LogP contribution is -2.20. The maximum Gasteiger partial charge on any atom is 0.0734 e. The molecule has 68 valence electrons. The topological polar surface area (TPSA) is 21.3 Å². The molecule has 0 bridgehead atoms. The molecule has 0 radical (unpaired) electrons. The molecule has 0 aliphatic rings. The summed E-state index contributed by atoms with van der Waals surface area (Å²) in [6.07, 6.45) is 5.46.